The second-order valence-corrected chi connectivity index (χ2v) is 6.50. The zero-order chi connectivity index (χ0) is 17.9. The van der Waals surface area contributed by atoms with Gasteiger partial charge in [-0.15, -0.1) is 16.4 Å². The van der Waals surface area contributed by atoms with Gasteiger partial charge in [-0.05, 0) is 23.6 Å². The van der Waals surface area contributed by atoms with Crippen LogP contribution >= 0.6 is 11.3 Å². The molecule has 3 heterocycles. The second-order valence-electron chi connectivity index (χ2n) is 5.55. The van der Waals surface area contributed by atoms with Gasteiger partial charge in [0.05, 0.1) is 22.6 Å². The minimum absolute atomic E-state index is 0.0968. The lowest BCUT2D eigenvalue weighted by atomic mass is 10.2. The molecule has 0 radical (unpaired) electrons. The van der Waals surface area contributed by atoms with Gasteiger partial charge < -0.3 is 9.73 Å². The fraction of sp³-hybridized carbons (Fsp3) is 0.111. The van der Waals surface area contributed by atoms with Crippen LogP contribution in [0.1, 0.15) is 6.42 Å². The van der Waals surface area contributed by atoms with Crippen molar-refractivity contribution in [2.24, 2.45) is 0 Å². The zero-order valence-corrected chi connectivity index (χ0v) is 14.4. The van der Waals surface area contributed by atoms with Crippen LogP contribution in [0.15, 0.2) is 63.3 Å². The Morgan fingerprint density at radius 1 is 1.19 bits per heavy atom. The Kier molecular flexibility index (Phi) is 4.32. The first-order valence-corrected chi connectivity index (χ1v) is 8.84. The maximum Gasteiger partial charge on any atom is 0.437 e. The highest BCUT2D eigenvalue weighted by Crippen LogP contribution is 2.22. The molecular weight excluding hydrogens is 352 g/mol. The van der Waals surface area contributed by atoms with Gasteiger partial charge in [0.1, 0.15) is 0 Å². The summed E-state index contributed by atoms with van der Waals surface area (Å²) < 4.78 is 6.29. The van der Waals surface area contributed by atoms with Crippen molar-refractivity contribution in [3.8, 4) is 10.8 Å². The lowest BCUT2D eigenvalue weighted by molar-refractivity contribution is -0.116. The van der Waals surface area contributed by atoms with Crippen molar-refractivity contribution in [2.75, 3.05) is 5.32 Å². The van der Waals surface area contributed by atoms with Crippen molar-refractivity contribution in [1.29, 1.82) is 0 Å². The summed E-state index contributed by atoms with van der Waals surface area (Å²) in [6.45, 7) is 0.137. The molecule has 26 heavy (non-hydrogen) atoms. The van der Waals surface area contributed by atoms with Crippen LogP contribution in [0.4, 0.5) is 5.69 Å². The fourth-order valence-electron chi connectivity index (χ4n) is 2.57. The number of nitrogens with zero attached hydrogens (tertiary/aromatic N) is 3. The number of carbonyl (C=O) groups is 1. The monoisotopic (exact) mass is 366 g/mol. The minimum Gasteiger partial charge on any atom is -0.387 e. The molecule has 0 bridgehead atoms. The molecule has 0 saturated carbocycles. The molecule has 8 heteroatoms. The van der Waals surface area contributed by atoms with E-state index in [0.717, 1.165) is 20.5 Å². The van der Waals surface area contributed by atoms with Crippen molar-refractivity contribution < 1.29 is 9.21 Å². The van der Waals surface area contributed by atoms with Crippen LogP contribution in [0.25, 0.3) is 21.7 Å². The molecule has 0 spiro atoms. The fourth-order valence-corrected chi connectivity index (χ4v) is 3.22. The third-order valence-corrected chi connectivity index (χ3v) is 4.65. The van der Waals surface area contributed by atoms with Crippen LogP contribution in [-0.2, 0) is 11.3 Å². The van der Waals surface area contributed by atoms with Gasteiger partial charge >= 0.3 is 5.76 Å². The van der Waals surface area contributed by atoms with Crippen LogP contribution in [0, 0.1) is 0 Å². The molecular formula is C18H14N4O3S. The van der Waals surface area contributed by atoms with Gasteiger partial charge in [0, 0.05) is 18.0 Å². The molecule has 0 aliphatic rings. The molecule has 0 atom stereocenters. The molecule has 3 aromatic heterocycles. The van der Waals surface area contributed by atoms with Gasteiger partial charge in [-0.3, -0.25) is 9.78 Å². The molecule has 130 valence electrons. The molecule has 0 unspecified atom stereocenters. The van der Waals surface area contributed by atoms with E-state index in [1.54, 1.807) is 12.3 Å². The number of benzene rings is 1. The zero-order valence-electron chi connectivity index (χ0n) is 13.6. The summed E-state index contributed by atoms with van der Waals surface area (Å²) in [7, 11) is 0. The number of hydrogen-bond acceptors (Lipinski definition) is 6. The Labute approximate surface area is 151 Å². The highest BCUT2D eigenvalue weighted by atomic mass is 32.1. The summed E-state index contributed by atoms with van der Waals surface area (Å²) in [6, 6.07) is 13.0. The summed E-state index contributed by atoms with van der Waals surface area (Å²) in [5, 5.41) is 9.79. The van der Waals surface area contributed by atoms with Crippen molar-refractivity contribution in [1.82, 2.24) is 14.8 Å². The first kappa shape index (κ1) is 16.2. The largest absolute Gasteiger partial charge is 0.437 e. The van der Waals surface area contributed by atoms with E-state index in [4.69, 9.17) is 4.42 Å². The van der Waals surface area contributed by atoms with E-state index >= 15 is 0 Å². The van der Waals surface area contributed by atoms with Crippen molar-refractivity contribution in [2.45, 2.75) is 13.0 Å². The van der Waals surface area contributed by atoms with Gasteiger partial charge in [-0.25, -0.2) is 4.79 Å². The van der Waals surface area contributed by atoms with E-state index in [2.05, 4.69) is 15.4 Å². The first-order chi connectivity index (χ1) is 12.7. The van der Waals surface area contributed by atoms with Crippen LogP contribution < -0.4 is 11.1 Å². The third kappa shape index (κ3) is 3.27. The average molecular weight is 366 g/mol. The van der Waals surface area contributed by atoms with E-state index < -0.39 is 5.76 Å². The maximum atomic E-state index is 12.3. The lowest BCUT2D eigenvalue weighted by Crippen LogP contribution is -2.21. The number of pyridine rings is 1. The SMILES string of the molecule is O=C(CCn1nc(-c2cccs2)oc1=O)Nc1cccc2cccnc12. The van der Waals surface area contributed by atoms with Gasteiger partial charge in [0.2, 0.25) is 5.91 Å². The number of hydrogen-bond donors (Lipinski definition) is 1. The molecule has 4 aromatic rings. The van der Waals surface area contributed by atoms with Crippen molar-refractivity contribution >= 4 is 33.8 Å². The predicted molar refractivity (Wildman–Crippen MR) is 99.1 cm³/mol. The third-order valence-electron chi connectivity index (χ3n) is 3.80. The van der Waals surface area contributed by atoms with E-state index in [9.17, 15) is 9.59 Å². The molecule has 1 aromatic carbocycles. The highest BCUT2D eigenvalue weighted by molar-refractivity contribution is 7.13. The number of aryl methyl sites for hydroxylation is 1. The number of anilines is 1. The Morgan fingerprint density at radius 3 is 2.92 bits per heavy atom. The summed E-state index contributed by atoms with van der Waals surface area (Å²) in [6.07, 6.45) is 1.78. The van der Waals surface area contributed by atoms with Crippen molar-refractivity contribution in [3.63, 3.8) is 0 Å². The maximum absolute atomic E-state index is 12.3. The Bertz CT molecular complexity index is 1110. The summed E-state index contributed by atoms with van der Waals surface area (Å²) in [4.78, 5) is 29.2. The molecule has 4 rings (SSSR count). The van der Waals surface area contributed by atoms with Gasteiger partial charge in [-0.1, -0.05) is 24.3 Å². The molecule has 1 N–H and O–H groups in total. The topological polar surface area (TPSA) is 90.0 Å². The summed E-state index contributed by atoms with van der Waals surface area (Å²) >= 11 is 1.43. The molecule has 0 fully saturated rings. The van der Waals surface area contributed by atoms with Gasteiger partial charge in [0.25, 0.3) is 5.89 Å². The molecule has 0 aliphatic carbocycles. The summed E-state index contributed by atoms with van der Waals surface area (Å²) in [5.74, 6) is -0.535. The Morgan fingerprint density at radius 2 is 2.08 bits per heavy atom. The van der Waals surface area contributed by atoms with E-state index in [1.807, 2.05) is 41.8 Å². The molecule has 0 aliphatic heterocycles. The first-order valence-electron chi connectivity index (χ1n) is 7.96. The number of carbonyl (C=O) groups excluding carboxylic acids is 1. The van der Waals surface area contributed by atoms with Crippen molar-refractivity contribution in [3.05, 3.63) is 64.6 Å². The minimum atomic E-state index is -0.576. The number of nitrogens with one attached hydrogen (secondary N) is 1. The van der Waals surface area contributed by atoms with Gasteiger partial charge in [0.15, 0.2) is 0 Å². The number of thiophene rings is 1. The molecule has 7 nitrogen and oxygen atoms in total. The number of fused-ring (bicyclic) bond motifs is 1. The summed E-state index contributed by atoms with van der Waals surface area (Å²) in [5.41, 5.74) is 1.36. The van der Waals surface area contributed by atoms with E-state index in [-0.39, 0.29) is 24.8 Å². The molecule has 1 amide bonds. The lowest BCUT2D eigenvalue weighted by Gasteiger charge is -2.07. The van der Waals surface area contributed by atoms with Crippen LogP contribution in [0.5, 0.6) is 0 Å². The predicted octanol–water partition coefficient (Wildman–Crippen LogP) is 3.14. The Balaban J connectivity index is 1.45. The number of amides is 1. The van der Waals surface area contributed by atoms with Crippen LogP contribution in [0.2, 0.25) is 0 Å². The number of aromatic nitrogens is 3. The second kappa shape index (κ2) is 6.93. The molecule has 0 saturated heterocycles. The van der Waals surface area contributed by atoms with E-state index in [0.29, 0.717) is 5.69 Å². The van der Waals surface area contributed by atoms with Crippen LogP contribution in [-0.4, -0.2) is 20.7 Å². The van der Waals surface area contributed by atoms with E-state index in [1.165, 1.54) is 11.3 Å². The number of rotatable bonds is 5. The van der Waals surface area contributed by atoms with Gasteiger partial charge in [-0.2, -0.15) is 4.68 Å². The average Bonchev–Trinajstić information content (AvgIpc) is 3.30. The Hall–Kier alpha value is -3.26. The quantitative estimate of drug-likeness (QED) is 0.586. The smallest absolute Gasteiger partial charge is 0.387 e. The van der Waals surface area contributed by atoms with Crippen LogP contribution in [0.3, 0.4) is 0 Å². The standard InChI is InChI=1S/C18H14N4O3S/c23-15(20-13-6-1-4-12-5-2-9-19-16(12)13)8-10-22-18(24)25-17(21-22)14-7-3-11-26-14/h1-7,9,11H,8,10H2,(H,20,23). The normalized spacial score (nSPS) is 10.9. The number of para-hydroxylation sites is 1. The highest BCUT2D eigenvalue weighted by Gasteiger charge is 2.13.